The van der Waals surface area contributed by atoms with E-state index in [0.29, 0.717) is 22.3 Å². The molecule has 1 fully saturated rings. The van der Waals surface area contributed by atoms with E-state index in [4.69, 9.17) is 15.3 Å². The maximum atomic E-state index is 12.2. The molecule has 11 nitrogen and oxygen atoms in total. The molecule has 1 aliphatic heterocycles. The third kappa shape index (κ3) is 5.87. The van der Waals surface area contributed by atoms with E-state index in [9.17, 15) is 9.59 Å². The lowest BCUT2D eigenvalue weighted by molar-refractivity contribution is 0.00190. The smallest absolute Gasteiger partial charge is 0.330 e. The maximum absolute atomic E-state index is 12.2. The molecule has 0 bridgehead atoms. The zero-order valence-corrected chi connectivity index (χ0v) is 17.6. The second kappa shape index (κ2) is 10.7. The number of nitrogens with zero attached hydrogens (tertiary/aromatic N) is 5. The molecule has 0 unspecified atom stereocenters. The molecular weight excluding hydrogens is 416 g/mol. The lowest BCUT2D eigenvalue weighted by atomic mass is 10.1. The molecule has 154 valence electrons. The van der Waals surface area contributed by atoms with Crippen molar-refractivity contribution in [2.75, 3.05) is 19.1 Å². The number of nitrogens with one attached hydrogen (secondary N) is 3. The van der Waals surface area contributed by atoms with Crippen LogP contribution in [0.1, 0.15) is 18.2 Å². The first-order chi connectivity index (χ1) is 13.9. The summed E-state index contributed by atoms with van der Waals surface area (Å²) in [6, 6.07) is -0.392. The van der Waals surface area contributed by atoms with Gasteiger partial charge in [-0.25, -0.2) is 4.79 Å². The number of aliphatic imine (C=N–C) groups is 2. The number of rotatable bonds is 4. The molecule has 2 rings (SSSR count). The predicted octanol–water partition coefficient (Wildman–Crippen LogP) is 0.0805. The molecule has 1 aromatic rings. The summed E-state index contributed by atoms with van der Waals surface area (Å²) in [5.74, 6) is 0. The highest BCUT2D eigenvalue weighted by Gasteiger charge is 2.37. The van der Waals surface area contributed by atoms with E-state index >= 15 is 0 Å². The lowest BCUT2D eigenvalue weighted by Gasteiger charge is -2.15. The highest BCUT2D eigenvalue weighted by molar-refractivity contribution is 8.13. The van der Waals surface area contributed by atoms with Gasteiger partial charge in [0.2, 0.25) is 0 Å². The zero-order chi connectivity index (χ0) is 21.4. The summed E-state index contributed by atoms with van der Waals surface area (Å²) in [5, 5.41) is 23.5. The van der Waals surface area contributed by atoms with Crippen LogP contribution in [-0.2, 0) is 4.74 Å². The van der Waals surface area contributed by atoms with E-state index in [-0.39, 0.29) is 6.54 Å². The molecule has 0 amide bonds. The van der Waals surface area contributed by atoms with E-state index in [1.54, 1.807) is 19.4 Å². The van der Waals surface area contributed by atoms with Gasteiger partial charge in [0.05, 0.1) is 12.6 Å². The van der Waals surface area contributed by atoms with Crippen LogP contribution in [0.2, 0.25) is 0 Å². The Morgan fingerprint density at radius 2 is 1.97 bits per heavy atom. The van der Waals surface area contributed by atoms with E-state index in [1.165, 1.54) is 34.3 Å². The standard InChI is InChI=1S/C16H20N8O3S2/c1-9-6-24(16(26)23-13(9)25)12-4-10(22-15(29-3)21-8-18)11(27-12)5-19-14(28-2)20-7-17/h6,10-12H,4-5H2,1-3H3,(H,19,20)(H,21,22)(H,23,25,26)/t10-,11+,12+/m0/s1. The lowest BCUT2D eigenvalue weighted by Crippen LogP contribution is -2.33. The van der Waals surface area contributed by atoms with E-state index in [0.717, 1.165) is 0 Å². The fourth-order valence-electron chi connectivity index (χ4n) is 2.70. The first-order valence-electron chi connectivity index (χ1n) is 8.41. The quantitative estimate of drug-likeness (QED) is 0.257. The fourth-order valence-corrected chi connectivity index (χ4v) is 3.44. The van der Waals surface area contributed by atoms with Crippen LogP contribution >= 0.6 is 23.5 Å². The van der Waals surface area contributed by atoms with Crippen LogP contribution in [0.3, 0.4) is 0 Å². The maximum Gasteiger partial charge on any atom is 0.330 e. The van der Waals surface area contributed by atoms with Gasteiger partial charge in [-0.2, -0.15) is 10.5 Å². The summed E-state index contributed by atoms with van der Waals surface area (Å²) in [6.07, 6.45) is 7.86. The molecule has 1 aromatic heterocycles. The van der Waals surface area contributed by atoms with Crippen LogP contribution in [0, 0.1) is 29.8 Å². The van der Waals surface area contributed by atoms with Crippen LogP contribution in [-0.4, -0.2) is 51.1 Å². The number of thioether (sulfide) groups is 2. The number of H-pyrrole nitrogens is 1. The largest absolute Gasteiger partial charge is 0.350 e. The first kappa shape index (κ1) is 22.5. The molecule has 1 aliphatic rings. The van der Waals surface area contributed by atoms with E-state index in [2.05, 4.69) is 25.6 Å². The molecule has 0 aliphatic carbocycles. The van der Waals surface area contributed by atoms with Crippen molar-refractivity contribution in [2.45, 2.75) is 31.7 Å². The van der Waals surface area contributed by atoms with Gasteiger partial charge in [0.25, 0.3) is 5.56 Å². The van der Waals surface area contributed by atoms with Crippen molar-refractivity contribution in [2.24, 2.45) is 9.98 Å². The second-order valence-electron chi connectivity index (χ2n) is 5.87. The second-order valence-corrected chi connectivity index (χ2v) is 7.46. The van der Waals surface area contributed by atoms with Crippen molar-refractivity contribution >= 4 is 33.9 Å². The van der Waals surface area contributed by atoms with E-state index < -0.39 is 29.6 Å². The van der Waals surface area contributed by atoms with Crippen molar-refractivity contribution < 1.29 is 4.74 Å². The van der Waals surface area contributed by atoms with Crippen molar-refractivity contribution in [1.29, 1.82) is 10.5 Å². The van der Waals surface area contributed by atoms with Crippen LogP contribution in [0.5, 0.6) is 0 Å². The molecule has 0 radical (unpaired) electrons. The molecular formula is C16H20N8O3S2. The average molecular weight is 437 g/mol. The summed E-state index contributed by atoms with van der Waals surface area (Å²) in [7, 11) is 0. The summed E-state index contributed by atoms with van der Waals surface area (Å²) >= 11 is 2.55. The van der Waals surface area contributed by atoms with Gasteiger partial charge in [-0.3, -0.25) is 35.0 Å². The Labute approximate surface area is 175 Å². The summed E-state index contributed by atoms with van der Waals surface area (Å²) < 4.78 is 7.34. The minimum atomic E-state index is -0.654. The van der Waals surface area contributed by atoms with Crippen molar-refractivity contribution in [3.05, 3.63) is 32.6 Å². The summed E-state index contributed by atoms with van der Waals surface area (Å²) in [6.45, 7) is 1.79. The normalized spacial score (nSPS) is 22.0. The Morgan fingerprint density at radius 1 is 1.31 bits per heavy atom. The Kier molecular flexibility index (Phi) is 8.33. The number of ether oxygens (including phenoxy) is 1. The fraction of sp³-hybridized carbons (Fsp3) is 0.500. The third-order valence-corrected chi connectivity index (χ3v) is 5.28. The molecule has 13 heteroatoms. The number of aromatic nitrogens is 2. The van der Waals surface area contributed by atoms with Crippen LogP contribution < -0.4 is 21.9 Å². The Morgan fingerprint density at radius 3 is 2.59 bits per heavy atom. The molecule has 2 heterocycles. The van der Waals surface area contributed by atoms with Crippen molar-refractivity contribution in [3.8, 4) is 12.4 Å². The van der Waals surface area contributed by atoms with Crippen LogP contribution in [0.4, 0.5) is 0 Å². The summed E-state index contributed by atoms with van der Waals surface area (Å²) in [5.41, 5.74) is -0.641. The third-order valence-electron chi connectivity index (χ3n) is 4.07. The van der Waals surface area contributed by atoms with Crippen molar-refractivity contribution in [1.82, 2.24) is 20.2 Å². The van der Waals surface area contributed by atoms with Gasteiger partial charge >= 0.3 is 5.69 Å². The van der Waals surface area contributed by atoms with Gasteiger partial charge in [-0.1, -0.05) is 23.5 Å². The van der Waals surface area contributed by atoms with E-state index in [1.807, 2.05) is 12.4 Å². The predicted molar refractivity (Wildman–Crippen MR) is 113 cm³/mol. The number of hydrogen-bond donors (Lipinski definition) is 3. The van der Waals surface area contributed by atoms with Gasteiger partial charge in [0.15, 0.2) is 22.7 Å². The molecule has 0 spiro atoms. The topological polar surface area (TPSA) is 160 Å². The number of aryl methyl sites for hydroxylation is 1. The highest BCUT2D eigenvalue weighted by atomic mass is 32.2. The first-order valence-corrected chi connectivity index (χ1v) is 10.9. The van der Waals surface area contributed by atoms with Crippen LogP contribution in [0.15, 0.2) is 25.8 Å². The van der Waals surface area contributed by atoms with Gasteiger partial charge in [0.1, 0.15) is 12.3 Å². The Hall–Kier alpha value is -2.74. The zero-order valence-electron chi connectivity index (χ0n) is 16.0. The average Bonchev–Trinajstić information content (AvgIpc) is 3.09. The molecule has 3 atom stereocenters. The minimum Gasteiger partial charge on any atom is -0.350 e. The van der Waals surface area contributed by atoms with Crippen LogP contribution in [0.25, 0.3) is 0 Å². The van der Waals surface area contributed by atoms with Gasteiger partial charge in [-0.15, -0.1) is 0 Å². The number of hydrogen-bond acceptors (Lipinski definition) is 9. The highest BCUT2D eigenvalue weighted by Crippen LogP contribution is 2.31. The molecule has 1 saturated heterocycles. The number of amidine groups is 2. The summed E-state index contributed by atoms with van der Waals surface area (Å²) in [4.78, 5) is 35.0. The van der Waals surface area contributed by atoms with Gasteiger partial charge in [0, 0.05) is 18.2 Å². The number of nitriles is 2. The number of aromatic amines is 1. The Bertz CT molecular complexity index is 988. The molecule has 0 saturated carbocycles. The SMILES string of the molecule is CSC(=NC[C@H]1O[C@@H](n2cc(C)c(=O)[nH]c2=O)C[C@@H]1N=C(NC#N)SC)NC#N. The molecule has 0 aromatic carbocycles. The molecule has 29 heavy (non-hydrogen) atoms. The monoisotopic (exact) mass is 436 g/mol. The Balaban J connectivity index is 2.34. The van der Waals surface area contributed by atoms with Gasteiger partial charge < -0.3 is 4.74 Å². The minimum absolute atomic E-state index is 0.195. The van der Waals surface area contributed by atoms with Crippen molar-refractivity contribution in [3.63, 3.8) is 0 Å². The van der Waals surface area contributed by atoms with Gasteiger partial charge in [-0.05, 0) is 19.4 Å². The molecule has 3 N–H and O–H groups in total.